The van der Waals surface area contributed by atoms with Gasteiger partial charge in [-0.15, -0.1) is 10.2 Å². The van der Waals surface area contributed by atoms with Crippen LogP contribution in [0.5, 0.6) is 0 Å². The van der Waals surface area contributed by atoms with Crippen molar-refractivity contribution in [3.05, 3.63) is 36.2 Å². The van der Waals surface area contributed by atoms with E-state index in [1.165, 1.54) is 31.0 Å². The number of amides is 1. The van der Waals surface area contributed by atoms with Gasteiger partial charge in [-0.2, -0.15) is 0 Å². The van der Waals surface area contributed by atoms with Gasteiger partial charge in [0.2, 0.25) is 5.91 Å². The van der Waals surface area contributed by atoms with Crippen LogP contribution in [0.3, 0.4) is 0 Å². The van der Waals surface area contributed by atoms with E-state index in [1.54, 1.807) is 19.0 Å². The molecule has 1 amide bonds. The van der Waals surface area contributed by atoms with Crippen LogP contribution in [0, 0.1) is 0 Å². The Morgan fingerprint density at radius 3 is 2.52 bits per heavy atom. The van der Waals surface area contributed by atoms with Gasteiger partial charge in [-0.1, -0.05) is 36.4 Å². The number of piperidine rings is 1. The van der Waals surface area contributed by atoms with Gasteiger partial charge in [-0.3, -0.25) is 14.3 Å². The molecule has 1 saturated heterocycles. The summed E-state index contributed by atoms with van der Waals surface area (Å²) in [5, 5.41) is 9.57. The average molecular weight is 359 g/mol. The lowest BCUT2D eigenvalue weighted by Crippen LogP contribution is -2.30. The molecule has 0 bridgehead atoms. The second-order valence-electron chi connectivity index (χ2n) is 6.48. The van der Waals surface area contributed by atoms with Gasteiger partial charge in [0.25, 0.3) is 0 Å². The monoisotopic (exact) mass is 359 g/mol. The fourth-order valence-corrected chi connectivity index (χ4v) is 3.85. The molecule has 2 heterocycles. The van der Waals surface area contributed by atoms with Gasteiger partial charge < -0.3 is 4.90 Å². The molecule has 0 spiro atoms. The van der Waals surface area contributed by atoms with Gasteiger partial charge >= 0.3 is 0 Å². The van der Waals surface area contributed by atoms with Gasteiger partial charge in [0.15, 0.2) is 11.0 Å². The number of hydrogen-bond acceptors (Lipinski definition) is 5. The van der Waals surface area contributed by atoms with E-state index in [1.807, 2.05) is 18.2 Å². The fraction of sp³-hybridized carbons (Fsp3) is 0.500. The number of aromatic nitrogens is 3. The van der Waals surface area contributed by atoms with Crippen LogP contribution in [-0.4, -0.2) is 63.4 Å². The maximum atomic E-state index is 11.9. The molecular formula is C18H25N5OS. The Morgan fingerprint density at radius 2 is 1.84 bits per heavy atom. The first-order valence-corrected chi connectivity index (χ1v) is 9.69. The van der Waals surface area contributed by atoms with Gasteiger partial charge in [0, 0.05) is 19.8 Å². The van der Waals surface area contributed by atoms with E-state index >= 15 is 0 Å². The average Bonchev–Trinajstić information content (AvgIpc) is 3.03. The molecule has 0 unspecified atom stereocenters. The molecule has 0 atom stereocenters. The number of thioether (sulfide) groups is 1. The molecule has 7 heteroatoms. The summed E-state index contributed by atoms with van der Waals surface area (Å²) in [4.78, 5) is 16.0. The molecule has 25 heavy (non-hydrogen) atoms. The zero-order valence-electron chi connectivity index (χ0n) is 14.9. The molecule has 1 aliphatic rings. The highest BCUT2D eigenvalue weighted by Gasteiger charge is 2.19. The van der Waals surface area contributed by atoms with Crippen LogP contribution in [0.1, 0.15) is 25.1 Å². The van der Waals surface area contributed by atoms with Crippen LogP contribution >= 0.6 is 11.8 Å². The number of rotatable bonds is 6. The van der Waals surface area contributed by atoms with Crippen molar-refractivity contribution in [2.45, 2.75) is 31.0 Å². The quantitative estimate of drug-likeness (QED) is 0.742. The van der Waals surface area contributed by atoms with Crippen molar-refractivity contribution < 1.29 is 4.79 Å². The van der Waals surface area contributed by atoms with Crippen molar-refractivity contribution in [2.75, 3.05) is 32.9 Å². The molecule has 2 aromatic rings. The van der Waals surface area contributed by atoms with Crippen molar-refractivity contribution in [3.63, 3.8) is 0 Å². The molecule has 0 N–H and O–H groups in total. The molecule has 1 aromatic carbocycles. The SMILES string of the molecule is CN(C)C(=O)CSc1nnc(CN2CCCCC2)n1-c1ccccc1. The number of benzene rings is 1. The summed E-state index contributed by atoms with van der Waals surface area (Å²) in [6.45, 7) is 3.02. The molecule has 0 radical (unpaired) electrons. The van der Waals surface area contributed by atoms with Crippen LogP contribution in [0.15, 0.2) is 35.5 Å². The number of carbonyl (C=O) groups excluding carboxylic acids is 1. The number of para-hydroxylation sites is 1. The summed E-state index contributed by atoms with van der Waals surface area (Å²) < 4.78 is 2.09. The topological polar surface area (TPSA) is 54.3 Å². The Kier molecular flexibility index (Phi) is 6.09. The van der Waals surface area contributed by atoms with E-state index in [-0.39, 0.29) is 5.91 Å². The zero-order chi connectivity index (χ0) is 17.6. The maximum absolute atomic E-state index is 11.9. The molecule has 1 aliphatic heterocycles. The van der Waals surface area contributed by atoms with Crippen LogP contribution < -0.4 is 0 Å². The Bertz CT molecular complexity index is 695. The first kappa shape index (κ1) is 17.9. The van der Waals surface area contributed by atoms with Crippen molar-refractivity contribution in [1.29, 1.82) is 0 Å². The standard InChI is InChI=1S/C18H25N5OS/c1-21(2)17(24)14-25-18-20-19-16(13-22-11-7-4-8-12-22)23(18)15-9-5-3-6-10-15/h3,5-6,9-10H,4,7-8,11-14H2,1-2H3. The van der Waals surface area contributed by atoms with Crippen molar-refractivity contribution in [3.8, 4) is 5.69 Å². The van der Waals surface area contributed by atoms with E-state index in [9.17, 15) is 4.79 Å². The second-order valence-corrected chi connectivity index (χ2v) is 7.43. The third kappa shape index (κ3) is 4.61. The van der Waals surface area contributed by atoms with Crippen LogP contribution in [-0.2, 0) is 11.3 Å². The molecule has 3 rings (SSSR count). The van der Waals surface area contributed by atoms with Gasteiger partial charge in [0.1, 0.15) is 0 Å². The molecule has 1 aromatic heterocycles. The number of nitrogens with zero attached hydrogens (tertiary/aromatic N) is 5. The molecule has 0 saturated carbocycles. The molecule has 1 fully saturated rings. The largest absolute Gasteiger partial charge is 0.348 e. The first-order chi connectivity index (χ1) is 12.1. The Balaban J connectivity index is 1.83. The Hall–Kier alpha value is -1.86. The van der Waals surface area contributed by atoms with E-state index < -0.39 is 0 Å². The van der Waals surface area contributed by atoms with E-state index in [4.69, 9.17) is 0 Å². The van der Waals surface area contributed by atoms with Gasteiger partial charge in [-0.05, 0) is 38.1 Å². The Labute approximate surface area is 153 Å². The maximum Gasteiger partial charge on any atom is 0.232 e. The predicted octanol–water partition coefficient (Wildman–Crippen LogP) is 2.43. The minimum Gasteiger partial charge on any atom is -0.348 e. The summed E-state index contributed by atoms with van der Waals surface area (Å²) >= 11 is 1.44. The van der Waals surface area contributed by atoms with Gasteiger partial charge in [0.05, 0.1) is 12.3 Å². The van der Waals surface area contributed by atoms with Crippen LogP contribution in [0.4, 0.5) is 0 Å². The third-order valence-corrected chi connectivity index (χ3v) is 5.27. The van der Waals surface area contributed by atoms with E-state index in [2.05, 4.69) is 31.8 Å². The lowest BCUT2D eigenvalue weighted by atomic mass is 10.1. The normalized spacial score (nSPS) is 15.3. The summed E-state index contributed by atoms with van der Waals surface area (Å²) in [6, 6.07) is 10.1. The lowest BCUT2D eigenvalue weighted by Gasteiger charge is -2.26. The fourth-order valence-electron chi connectivity index (χ4n) is 2.91. The summed E-state index contributed by atoms with van der Waals surface area (Å²) in [5.74, 6) is 1.37. The predicted molar refractivity (Wildman–Crippen MR) is 99.9 cm³/mol. The molecule has 0 aliphatic carbocycles. The van der Waals surface area contributed by atoms with E-state index in [0.717, 1.165) is 36.3 Å². The molecule has 134 valence electrons. The first-order valence-electron chi connectivity index (χ1n) is 8.70. The van der Waals surface area contributed by atoms with E-state index in [0.29, 0.717) is 5.75 Å². The smallest absolute Gasteiger partial charge is 0.232 e. The lowest BCUT2D eigenvalue weighted by molar-refractivity contribution is -0.125. The molecular weight excluding hydrogens is 334 g/mol. The Morgan fingerprint density at radius 1 is 1.12 bits per heavy atom. The highest BCUT2D eigenvalue weighted by atomic mass is 32.2. The third-order valence-electron chi connectivity index (χ3n) is 4.35. The van der Waals surface area contributed by atoms with Gasteiger partial charge in [-0.25, -0.2) is 0 Å². The summed E-state index contributed by atoms with van der Waals surface area (Å²) in [7, 11) is 3.54. The second kappa shape index (κ2) is 8.49. The zero-order valence-corrected chi connectivity index (χ0v) is 15.7. The number of likely N-dealkylation sites (tertiary alicyclic amines) is 1. The summed E-state index contributed by atoms with van der Waals surface area (Å²) in [6.07, 6.45) is 3.81. The number of carbonyl (C=O) groups is 1. The highest BCUT2D eigenvalue weighted by Crippen LogP contribution is 2.23. The molecule has 6 nitrogen and oxygen atoms in total. The number of hydrogen-bond donors (Lipinski definition) is 0. The van der Waals surface area contributed by atoms with Crippen LogP contribution in [0.25, 0.3) is 5.69 Å². The minimum atomic E-state index is 0.0743. The van der Waals surface area contributed by atoms with Crippen molar-refractivity contribution in [1.82, 2.24) is 24.6 Å². The highest BCUT2D eigenvalue weighted by molar-refractivity contribution is 7.99. The van der Waals surface area contributed by atoms with Crippen LogP contribution in [0.2, 0.25) is 0 Å². The minimum absolute atomic E-state index is 0.0743. The van der Waals surface area contributed by atoms with Crippen molar-refractivity contribution in [2.24, 2.45) is 0 Å². The van der Waals surface area contributed by atoms with Crippen molar-refractivity contribution >= 4 is 17.7 Å². The summed E-state index contributed by atoms with van der Waals surface area (Å²) in [5.41, 5.74) is 1.04.